The first-order chi connectivity index (χ1) is 12.1. The number of anilines is 4. The van der Waals surface area contributed by atoms with E-state index in [1.54, 1.807) is 0 Å². The summed E-state index contributed by atoms with van der Waals surface area (Å²) in [6, 6.07) is 4.22. The summed E-state index contributed by atoms with van der Waals surface area (Å²) in [6.07, 6.45) is 0. The van der Waals surface area contributed by atoms with Crippen LogP contribution >= 0.6 is 0 Å². The highest BCUT2D eigenvalue weighted by Crippen LogP contribution is 2.34. The van der Waals surface area contributed by atoms with Gasteiger partial charge >= 0.3 is 0 Å². The van der Waals surface area contributed by atoms with Crippen LogP contribution in [0.2, 0.25) is 0 Å². The monoisotopic (exact) mass is 439 g/mol. The summed E-state index contributed by atoms with van der Waals surface area (Å²) < 4.78 is 96.6. The van der Waals surface area contributed by atoms with Gasteiger partial charge in [0.1, 0.15) is 14.7 Å². The van der Waals surface area contributed by atoms with Crippen LogP contribution in [0.3, 0.4) is 0 Å². The minimum Gasteiger partial charge on any atom is -0.399 e. The van der Waals surface area contributed by atoms with Crippen molar-refractivity contribution in [2.45, 2.75) is 14.7 Å². The summed E-state index contributed by atoms with van der Waals surface area (Å²) in [5.74, 6) is 0. The smallest absolute Gasteiger partial charge is 0.296 e. The first-order valence-corrected chi connectivity index (χ1v) is 11.0. The number of nitrogens with one attached hydrogen (secondary N) is 1. The summed E-state index contributed by atoms with van der Waals surface area (Å²) in [5.41, 5.74) is 9.05. The molecule has 0 fully saturated rings. The molecule has 27 heavy (non-hydrogen) atoms. The second kappa shape index (κ2) is 6.63. The summed E-state index contributed by atoms with van der Waals surface area (Å²) in [6.45, 7) is 0. The van der Waals surface area contributed by atoms with Crippen molar-refractivity contribution < 1.29 is 38.9 Å². The number of nitrogen functional groups attached to an aromatic ring is 2. The summed E-state index contributed by atoms with van der Waals surface area (Å²) in [5, 5.41) is 2.26. The minimum atomic E-state index is -4.95. The van der Waals surface area contributed by atoms with E-state index in [1.165, 1.54) is 6.07 Å². The number of hydrogen-bond donors (Lipinski definition) is 6. The lowest BCUT2D eigenvalue weighted by atomic mass is 10.2. The van der Waals surface area contributed by atoms with Crippen molar-refractivity contribution in [1.82, 2.24) is 0 Å². The first-order valence-electron chi connectivity index (χ1n) is 6.63. The highest BCUT2D eigenvalue weighted by Gasteiger charge is 2.25. The predicted octanol–water partition coefficient (Wildman–Crippen LogP) is 0.335. The molecule has 0 unspecified atom stereocenters. The molecule has 0 heterocycles. The Hall–Kier alpha value is -2.43. The maximum atomic E-state index is 11.6. The molecular weight excluding hydrogens is 426 g/mol. The SMILES string of the molecule is Nc1ccc(Nc2cc(S(=O)(=O)O)c(N)cc2S(=O)(=O)O)c(S(=O)(=O)O)c1. The van der Waals surface area contributed by atoms with Crippen molar-refractivity contribution >= 4 is 53.1 Å². The van der Waals surface area contributed by atoms with Crippen molar-refractivity contribution in [3.8, 4) is 0 Å². The van der Waals surface area contributed by atoms with Crippen LogP contribution in [0.5, 0.6) is 0 Å². The van der Waals surface area contributed by atoms with Gasteiger partial charge in [0, 0.05) is 5.69 Å². The molecule has 0 radical (unpaired) electrons. The van der Waals surface area contributed by atoms with E-state index in [0.29, 0.717) is 12.1 Å². The van der Waals surface area contributed by atoms with Crippen LogP contribution in [0.4, 0.5) is 22.7 Å². The maximum Gasteiger partial charge on any atom is 0.296 e. The van der Waals surface area contributed by atoms with Gasteiger partial charge in [0.05, 0.1) is 17.1 Å². The van der Waals surface area contributed by atoms with E-state index in [1.807, 2.05) is 0 Å². The lowest BCUT2D eigenvalue weighted by Crippen LogP contribution is -2.11. The van der Waals surface area contributed by atoms with Gasteiger partial charge in [-0.25, -0.2) is 0 Å². The van der Waals surface area contributed by atoms with Gasteiger partial charge < -0.3 is 16.8 Å². The minimum absolute atomic E-state index is 0.0564. The van der Waals surface area contributed by atoms with E-state index in [0.717, 1.165) is 12.1 Å². The Morgan fingerprint density at radius 2 is 1.15 bits per heavy atom. The van der Waals surface area contributed by atoms with Crippen LogP contribution in [0.15, 0.2) is 45.0 Å². The standard InChI is InChI=1S/C12H13N3O9S3/c13-6-1-2-8(11(3-6)26(19,20)21)15-9-5-10(25(16,17)18)7(14)4-12(9)27(22,23)24/h1-5,15H,13-14H2,(H,16,17,18)(H,19,20,21)(H,22,23,24). The second-order valence-corrected chi connectivity index (χ2v) is 9.36. The Morgan fingerprint density at radius 3 is 1.63 bits per heavy atom. The average Bonchev–Trinajstić information content (AvgIpc) is 2.47. The Kier molecular flexibility index (Phi) is 5.12. The molecule has 2 aromatic carbocycles. The molecule has 0 aliphatic carbocycles. The molecule has 0 saturated heterocycles. The molecule has 12 nitrogen and oxygen atoms in total. The highest BCUT2D eigenvalue weighted by atomic mass is 32.2. The zero-order valence-corrected chi connectivity index (χ0v) is 15.5. The quantitative estimate of drug-likeness (QED) is 0.273. The topological polar surface area (TPSA) is 227 Å². The van der Waals surface area contributed by atoms with Gasteiger partial charge in [-0.2, -0.15) is 25.3 Å². The number of benzene rings is 2. The zero-order valence-electron chi connectivity index (χ0n) is 13.1. The lowest BCUT2D eigenvalue weighted by Gasteiger charge is -2.15. The Balaban J connectivity index is 2.80. The van der Waals surface area contributed by atoms with Gasteiger partial charge in [0.15, 0.2) is 0 Å². The fourth-order valence-corrected chi connectivity index (χ4v) is 4.08. The Bertz CT molecular complexity index is 1240. The first kappa shape index (κ1) is 20.9. The third kappa shape index (κ3) is 4.65. The van der Waals surface area contributed by atoms with Crippen LogP contribution < -0.4 is 16.8 Å². The molecule has 2 rings (SSSR count). The predicted molar refractivity (Wildman–Crippen MR) is 94.4 cm³/mol. The third-order valence-electron chi connectivity index (χ3n) is 3.22. The van der Waals surface area contributed by atoms with E-state index < -0.39 is 62.1 Å². The zero-order chi connectivity index (χ0) is 20.8. The third-order valence-corrected chi connectivity index (χ3v) is 5.92. The van der Waals surface area contributed by atoms with E-state index >= 15 is 0 Å². The average molecular weight is 439 g/mol. The summed E-state index contributed by atoms with van der Waals surface area (Å²) >= 11 is 0. The van der Waals surface area contributed by atoms with Gasteiger partial charge in [0.2, 0.25) is 0 Å². The second-order valence-electron chi connectivity index (χ2n) is 5.19. The summed E-state index contributed by atoms with van der Waals surface area (Å²) in [4.78, 5) is -2.57. The van der Waals surface area contributed by atoms with Crippen LogP contribution in [0.25, 0.3) is 0 Å². The van der Waals surface area contributed by atoms with Crippen molar-refractivity contribution in [2.75, 3.05) is 16.8 Å². The van der Waals surface area contributed by atoms with Crippen molar-refractivity contribution in [3.63, 3.8) is 0 Å². The normalized spacial score (nSPS) is 12.7. The molecule has 0 atom stereocenters. The fraction of sp³-hybridized carbons (Fsp3) is 0. The van der Waals surface area contributed by atoms with Crippen molar-refractivity contribution in [1.29, 1.82) is 0 Å². The van der Waals surface area contributed by atoms with E-state index in [9.17, 15) is 38.9 Å². The molecule has 0 bridgehead atoms. The Labute approximate surface area is 154 Å². The number of hydrogen-bond acceptors (Lipinski definition) is 9. The van der Waals surface area contributed by atoms with Gasteiger partial charge in [-0.15, -0.1) is 0 Å². The van der Waals surface area contributed by atoms with Crippen LogP contribution in [-0.4, -0.2) is 38.9 Å². The van der Waals surface area contributed by atoms with Crippen LogP contribution in [-0.2, 0) is 30.4 Å². The van der Waals surface area contributed by atoms with Gasteiger partial charge in [-0.1, -0.05) is 0 Å². The van der Waals surface area contributed by atoms with E-state index in [-0.39, 0.29) is 5.69 Å². The molecule has 148 valence electrons. The molecule has 2 aromatic rings. The molecule has 0 aromatic heterocycles. The summed E-state index contributed by atoms with van der Waals surface area (Å²) in [7, 11) is -14.7. The highest BCUT2D eigenvalue weighted by molar-refractivity contribution is 7.86. The van der Waals surface area contributed by atoms with Crippen LogP contribution in [0.1, 0.15) is 0 Å². The fourth-order valence-electron chi connectivity index (χ4n) is 2.11. The molecule has 0 spiro atoms. The molecular formula is C12H13N3O9S3. The number of nitrogens with two attached hydrogens (primary N) is 2. The van der Waals surface area contributed by atoms with Crippen molar-refractivity contribution in [2.24, 2.45) is 0 Å². The Morgan fingerprint density at radius 1 is 0.667 bits per heavy atom. The van der Waals surface area contributed by atoms with Crippen molar-refractivity contribution in [3.05, 3.63) is 30.3 Å². The van der Waals surface area contributed by atoms with Gasteiger partial charge in [-0.3, -0.25) is 13.7 Å². The maximum absolute atomic E-state index is 11.6. The molecule has 0 amide bonds. The molecule has 8 N–H and O–H groups in total. The van der Waals surface area contributed by atoms with E-state index in [2.05, 4.69) is 5.32 Å². The molecule has 0 aliphatic heterocycles. The molecule has 0 aliphatic rings. The van der Waals surface area contributed by atoms with Gasteiger partial charge in [0.25, 0.3) is 30.4 Å². The molecule has 0 saturated carbocycles. The van der Waals surface area contributed by atoms with Gasteiger partial charge in [-0.05, 0) is 30.3 Å². The van der Waals surface area contributed by atoms with E-state index in [4.69, 9.17) is 11.5 Å². The largest absolute Gasteiger partial charge is 0.399 e. The molecule has 15 heteroatoms. The van der Waals surface area contributed by atoms with Crippen LogP contribution in [0, 0.1) is 0 Å². The number of rotatable bonds is 5. The lowest BCUT2D eigenvalue weighted by molar-refractivity contribution is 0.479.